The monoisotopic (exact) mass is 349 g/mol. The Balaban J connectivity index is 1.57. The minimum atomic E-state index is 0.0438. The van der Waals surface area contributed by atoms with Gasteiger partial charge in [0.1, 0.15) is 5.82 Å². The predicted molar refractivity (Wildman–Crippen MR) is 98.4 cm³/mol. The third-order valence-electron chi connectivity index (χ3n) is 5.28. The molecule has 3 rings (SSSR count). The number of pyridine rings is 1. The summed E-state index contributed by atoms with van der Waals surface area (Å²) in [5.74, 6) is 1.07. The van der Waals surface area contributed by atoms with Crippen LogP contribution >= 0.6 is 11.6 Å². The molecule has 1 aliphatic heterocycles. The van der Waals surface area contributed by atoms with Crippen molar-refractivity contribution in [1.82, 2.24) is 10.3 Å². The van der Waals surface area contributed by atoms with Crippen LogP contribution in [-0.2, 0) is 4.79 Å². The normalized spacial score (nSPS) is 23.4. The highest BCUT2D eigenvalue weighted by molar-refractivity contribution is 6.32. The molecule has 2 aliphatic rings. The standard InChI is InChI=1S/C19H28ClN3O/c20-17-11-6-12-21-18(17)23-13-7-8-15(14-23)19(24)22-16-9-4-2-1-3-5-10-16/h6,11-12,15-16H,1-5,7-10,13-14H2,(H,22,24)/t15-/m1/s1. The number of carbonyl (C=O) groups excluding carboxylic acids is 1. The number of hydrogen-bond acceptors (Lipinski definition) is 3. The fraction of sp³-hybridized carbons (Fsp3) is 0.684. The van der Waals surface area contributed by atoms with E-state index in [1.165, 1.54) is 32.1 Å². The second-order valence-electron chi connectivity index (χ2n) is 7.14. The van der Waals surface area contributed by atoms with Crippen LogP contribution < -0.4 is 10.2 Å². The molecule has 1 aromatic heterocycles. The maximum atomic E-state index is 12.7. The van der Waals surface area contributed by atoms with Crippen molar-refractivity contribution in [1.29, 1.82) is 0 Å². The van der Waals surface area contributed by atoms with Gasteiger partial charge < -0.3 is 10.2 Å². The Kier molecular flexibility index (Phi) is 6.36. The number of piperidine rings is 1. The second-order valence-corrected chi connectivity index (χ2v) is 7.55. The number of nitrogens with one attached hydrogen (secondary N) is 1. The van der Waals surface area contributed by atoms with Crippen LogP contribution in [0.5, 0.6) is 0 Å². The number of amides is 1. The number of hydrogen-bond donors (Lipinski definition) is 1. The number of carbonyl (C=O) groups is 1. The van der Waals surface area contributed by atoms with Gasteiger partial charge in [0.2, 0.25) is 5.91 Å². The molecule has 132 valence electrons. The minimum absolute atomic E-state index is 0.0438. The van der Waals surface area contributed by atoms with Gasteiger partial charge in [-0.3, -0.25) is 4.79 Å². The molecule has 1 aromatic rings. The lowest BCUT2D eigenvalue weighted by atomic mass is 9.94. The number of aromatic nitrogens is 1. The summed E-state index contributed by atoms with van der Waals surface area (Å²) in [5, 5.41) is 3.99. The van der Waals surface area contributed by atoms with Crippen molar-refractivity contribution in [3.05, 3.63) is 23.4 Å². The van der Waals surface area contributed by atoms with E-state index in [0.29, 0.717) is 11.1 Å². The average Bonchev–Trinajstić information content (AvgIpc) is 2.57. The van der Waals surface area contributed by atoms with E-state index in [1.54, 1.807) is 6.20 Å². The van der Waals surface area contributed by atoms with E-state index in [9.17, 15) is 4.79 Å². The molecule has 1 atom stereocenters. The van der Waals surface area contributed by atoms with Crippen LogP contribution in [0, 0.1) is 5.92 Å². The van der Waals surface area contributed by atoms with Crippen LogP contribution in [0.2, 0.25) is 5.02 Å². The van der Waals surface area contributed by atoms with Crippen LogP contribution in [0.4, 0.5) is 5.82 Å². The number of rotatable bonds is 3. The summed E-state index contributed by atoms with van der Waals surface area (Å²) in [4.78, 5) is 19.3. The van der Waals surface area contributed by atoms with Gasteiger partial charge in [0.25, 0.3) is 0 Å². The van der Waals surface area contributed by atoms with E-state index < -0.39 is 0 Å². The van der Waals surface area contributed by atoms with Gasteiger partial charge >= 0.3 is 0 Å². The van der Waals surface area contributed by atoms with Crippen molar-refractivity contribution in [2.24, 2.45) is 5.92 Å². The van der Waals surface area contributed by atoms with E-state index in [0.717, 1.165) is 44.6 Å². The minimum Gasteiger partial charge on any atom is -0.355 e. The molecular weight excluding hydrogens is 322 g/mol. The molecule has 2 fully saturated rings. The third kappa shape index (κ3) is 4.62. The van der Waals surface area contributed by atoms with Crippen molar-refractivity contribution in [3.8, 4) is 0 Å². The zero-order chi connectivity index (χ0) is 16.8. The Morgan fingerprint density at radius 3 is 2.62 bits per heavy atom. The van der Waals surface area contributed by atoms with E-state index in [4.69, 9.17) is 11.6 Å². The van der Waals surface area contributed by atoms with Crippen molar-refractivity contribution >= 4 is 23.3 Å². The summed E-state index contributed by atoms with van der Waals surface area (Å²) in [6.45, 7) is 1.64. The predicted octanol–water partition coefficient (Wildman–Crippen LogP) is 4.18. The number of nitrogens with zero attached hydrogens (tertiary/aromatic N) is 2. The molecule has 2 heterocycles. The fourth-order valence-electron chi connectivity index (χ4n) is 3.91. The largest absolute Gasteiger partial charge is 0.355 e. The Hall–Kier alpha value is -1.29. The molecule has 1 N–H and O–H groups in total. The molecule has 1 aliphatic carbocycles. The quantitative estimate of drug-likeness (QED) is 0.890. The molecule has 0 radical (unpaired) electrons. The molecule has 1 saturated heterocycles. The van der Waals surface area contributed by atoms with Crippen molar-refractivity contribution < 1.29 is 4.79 Å². The van der Waals surface area contributed by atoms with Gasteiger partial charge in [-0.05, 0) is 37.8 Å². The van der Waals surface area contributed by atoms with Gasteiger partial charge in [0, 0.05) is 25.3 Å². The lowest BCUT2D eigenvalue weighted by molar-refractivity contribution is -0.126. The highest BCUT2D eigenvalue weighted by Crippen LogP contribution is 2.27. The maximum Gasteiger partial charge on any atom is 0.225 e. The third-order valence-corrected chi connectivity index (χ3v) is 5.58. The van der Waals surface area contributed by atoms with Crippen LogP contribution in [0.3, 0.4) is 0 Å². The molecule has 24 heavy (non-hydrogen) atoms. The highest BCUT2D eigenvalue weighted by atomic mass is 35.5. The topological polar surface area (TPSA) is 45.2 Å². The number of halogens is 1. The maximum absolute atomic E-state index is 12.7. The summed E-state index contributed by atoms with van der Waals surface area (Å²) in [5.41, 5.74) is 0. The summed E-state index contributed by atoms with van der Waals surface area (Å²) in [7, 11) is 0. The van der Waals surface area contributed by atoms with E-state index >= 15 is 0 Å². The Labute approximate surface area is 150 Å². The van der Waals surface area contributed by atoms with Crippen LogP contribution in [0.1, 0.15) is 57.8 Å². The number of anilines is 1. The van der Waals surface area contributed by atoms with Gasteiger partial charge in [0.05, 0.1) is 10.9 Å². The van der Waals surface area contributed by atoms with Crippen LogP contribution in [0.15, 0.2) is 18.3 Å². The molecule has 1 saturated carbocycles. The zero-order valence-electron chi connectivity index (χ0n) is 14.3. The highest BCUT2D eigenvalue weighted by Gasteiger charge is 2.28. The van der Waals surface area contributed by atoms with E-state index in [2.05, 4.69) is 15.2 Å². The zero-order valence-corrected chi connectivity index (χ0v) is 15.1. The van der Waals surface area contributed by atoms with Gasteiger partial charge in [-0.15, -0.1) is 0 Å². The first-order valence-electron chi connectivity index (χ1n) is 9.40. The van der Waals surface area contributed by atoms with E-state index in [1.807, 2.05) is 12.1 Å². The second kappa shape index (κ2) is 8.70. The Morgan fingerprint density at radius 2 is 1.88 bits per heavy atom. The van der Waals surface area contributed by atoms with Crippen molar-refractivity contribution in [2.45, 2.75) is 63.8 Å². The SMILES string of the molecule is O=C(NC1CCCCCCC1)[C@@H]1CCCN(c2ncccc2Cl)C1. The van der Waals surface area contributed by atoms with Gasteiger partial charge in [-0.25, -0.2) is 4.98 Å². The molecule has 1 amide bonds. The van der Waals surface area contributed by atoms with Gasteiger partial charge in [-0.2, -0.15) is 0 Å². The van der Waals surface area contributed by atoms with Crippen molar-refractivity contribution in [3.63, 3.8) is 0 Å². The van der Waals surface area contributed by atoms with Crippen molar-refractivity contribution in [2.75, 3.05) is 18.0 Å². The van der Waals surface area contributed by atoms with E-state index in [-0.39, 0.29) is 11.8 Å². The summed E-state index contributed by atoms with van der Waals surface area (Å²) >= 11 is 6.27. The summed E-state index contributed by atoms with van der Waals surface area (Å²) < 4.78 is 0. The molecule has 5 heteroatoms. The molecule has 4 nitrogen and oxygen atoms in total. The molecule has 0 aromatic carbocycles. The van der Waals surface area contributed by atoms with Crippen LogP contribution in [0.25, 0.3) is 0 Å². The van der Waals surface area contributed by atoms with Crippen LogP contribution in [-0.4, -0.2) is 30.0 Å². The summed E-state index contributed by atoms with van der Waals surface area (Å²) in [6, 6.07) is 4.07. The molecular formula is C19H28ClN3O. The lowest BCUT2D eigenvalue weighted by Gasteiger charge is -2.34. The lowest BCUT2D eigenvalue weighted by Crippen LogP contribution is -2.46. The Morgan fingerprint density at radius 1 is 1.12 bits per heavy atom. The molecule has 0 bridgehead atoms. The molecule has 0 unspecified atom stereocenters. The first-order valence-corrected chi connectivity index (χ1v) is 9.77. The molecule has 0 spiro atoms. The van der Waals surface area contributed by atoms with Gasteiger partial charge in [-0.1, -0.05) is 43.7 Å². The Bertz CT molecular complexity index is 543. The average molecular weight is 350 g/mol. The first kappa shape index (κ1) is 17.5. The summed E-state index contributed by atoms with van der Waals surface area (Å²) in [6.07, 6.45) is 12.4. The smallest absolute Gasteiger partial charge is 0.225 e. The fourth-order valence-corrected chi connectivity index (χ4v) is 4.15. The van der Waals surface area contributed by atoms with Gasteiger partial charge in [0.15, 0.2) is 0 Å². The first-order chi connectivity index (χ1) is 11.7.